The molecule has 39 heavy (non-hydrogen) atoms. The van der Waals surface area contributed by atoms with Crippen molar-refractivity contribution in [3.8, 4) is 5.75 Å². The Morgan fingerprint density at radius 2 is 1.79 bits per heavy atom. The summed E-state index contributed by atoms with van der Waals surface area (Å²) in [5.74, 6) is 1.97. The van der Waals surface area contributed by atoms with Crippen LogP contribution in [0, 0.1) is 11.3 Å². The molecule has 5 rings (SSSR count). The van der Waals surface area contributed by atoms with Crippen LogP contribution >= 0.6 is 0 Å². The van der Waals surface area contributed by atoms with Crippen LogP contribution in [0.4, 0.5) is 4.79 Å². The average Bonchev–Trinajstić information content (AvgIpc) is 2.93. The highest BCUT2D eigenvalue weighted by atomic mass is 16.5. The van der Waals surface area contributed by atoms with E-state index < -0.39 is 0 Å². The number of nitrogens with zero attached hydrogens (tertiary/aromatic N) is 1. The maximum Gasteiger partial charge on any atom is 0.317 e. The molecular formula is C35H50N2O2. The third-order valence-electron chi connectivity index (χ3n) is 10.5. The minimum Gasteiger partial charge on any atom is -0.496 e. The smallest absolute Gasteiger partial charge is 0.317 e. The molecule has 2 fully saturated rings. The number of carbonyl (C=O) groups excluding carboxylic acids is 1. The lowest BCUT2D eigenvalue weighted by atomic mass is 9.49. The first-order valence-corrected chi connectivity index (χ1v) is 15.5. The molecule has 0 bridgehead atoms. The van der Waals surface area contributed by atoms with E-state index in [2.05, 4.69) is 68.2 Å². The Morgan fingerprint density at radius 3 is 2.54 bits per heavy atom. The summed E-state index contributed by atoms with van der Waals surface area (Å²) in [6.45, 7) is 10.9. The van der Waals surface area contributed by atoms with Gasteiger partial charge in [-0.2, -0.15) is 0 Å². The number of hydrogen-bond acceptors (Lipinski definition) is 2. The van der Waals surface area contributed by atoms with Crippen molar-refractivity contribution < 1.29 is 9.53 Å². The van der Waals surface area contributed by atoms with Crippen molar-refractivity contribution in [2.45, 2.75) is 116 Å². The van der Waals surface area contributed by atoms with E-state index in [9.17, 15) is 4.79 Å². The van der Waals surface area contributed by atoms with E-state index in [1.165, 1.54) is 50.5 Å². The van der Waals surface area contributed by atoms with Crippen LogP contribution in [0.1, 0.15) is 114 Å². The van der Waals surface area contributed by atoms with Crippen molar-refractivity contribution in [1.29, 1.82) is 0 Å². The summed E-state index contributed by atoms with van der Waals surface area (Å²) in [5.41, 5.74) is 5.88. The zero-order valence-electron chi connectivity index (χ0n) is 25.0. The molecule has 212 valence electrons. The third-order valence-corrected chi connectivity index (χ3v) is 10.5. The van der Waals surface area contributed by atoms with Crippen LogP contribution in [-0.4, -0.2) is 30.6 Å². The molecule has 0 heterocycles. The Kier molecular flexibility index (Phi) is 8.31. The molecule has 3 aliphatic rings. The van der Waals surface area contributed by atoms with E-state index in [0.717, 1.165) is 37.1 Å². The molecule has 3 atom stereocenters. The van der Waals surface area contributed by atoms with Gasteiger partial charge in [0, 0.05) is 18.2 Å². The number of amides is 2. The lowest BCUT2D eigenvalue weighted by molar-refractivity contribution is 0.00300. The van der Waals surface area contributed by atoms with E-state index in [-0.39, 0.29) is 16.9 Å². The van der Waals surface area contributed by atoms with Crippen molar-refractivity contribution in [2.24, 2.45) is 11.3 Å². The second-order valence-electron chi connectivity index (χ2n) is 13.5. The van der Waals surface area contributed by atoms with Crippen LogP contribution in [0.25, 0.3) is 0 Å². The van der Waals surface area contributed by atoms with Gasteiger partial charge in [-0.3, -0.25) is 0 Å². The number of fused-ring (bicyclic) bond motifs is 3. The zero-order valence-corrected chi connectivity index (χ0v) is 25.0. The molecule has 3 unspecified atom stereocenters. The van der Waals surface area contributed by atoms with Crippen LogP contribution in [0.15, 0.2) is 42.5 Å². The average molecular weight is 531 g/mol. The summed E-state index contributed by atoms with van der Waals surface area (Å²) in [6.07, 6.45) is 11.9. The third kappa shape index (κ3) is 5.72. The van der Waals surface area contributed by atoms with Crippen molar-refractivity contribution in [1.82, 2.24) is 10.2 Å². The summed E-state index contributed by atoms with van der Waals surface area (Å²) in [7, 11) is 1.73. The molecule has 2 aromatic rings. The van der Waals surface area contributed by atoms with E-state index in [1.54, 1.807) is 18.2 Å². The number of benzene rings is 2. The van der Waals surface area contributed by atoms with Crippen LogP contribution in [0.3, 0.4) is 0 Å². The molecule has 0 saturated heterocycles. The van der Waals surface area contributed by atoms with Gasteiger partial charge in [0.05, 0.1) is 13.7 Å². The number of rotatable bonds is 7. The Labute approximate surface area is 236 Å². The quantitative estimate of drug-likeness (QED) is 0.391. The molecule has 2 amide bonds. The first-order valence-electron chi connectivity index (χ1n) is 15.5. The molecule has 3 aliphatic carbocycles. The lowest BCUT2D eigenvalue weighted by Gasteiger charge is -2.56. The fraction of sp³-hybridized carbons (Fsp3) is 0.629. The predicted octanol–water partition coefficient (Wildman–Crippen LogP) is 8.37. The van der Waals surface area contributed by atoms with E-state index in [0.29, 0.717) is 24.4 Å². The molecule has 0 spiro atoms. The maximum absolute atomic E-state index is 13.9. The predicted molar refractivity (Wildman–Crippen MR) is 160 cm³/mol. The van der Waals surface area contributed by atoms with Gasteiger partial charge < -0.3 is 15.0 Å². The first kappa shape index (κ1) is 28.1. The molecular weight excluding hydrogens is 480 g/mol. The van der Waals surface area contributed by atoms with Crippen LogP contribution < -0.4 is 10.1 Å². The Hall–Kier alpha value is -2.49. The molecule has 0 aliphatic heterocycles. The van der Waals surface area contributed by atoms with E-state index in [1.807, 2.05) is 12.1 Å². The summed E-state index contributed by atoms with van der Waals surface area (Å²) < 4.78 is 5.70. The van der Waals surface area contributed by atoms with Gasteiger partial charge in [-0.05, 0) is 83.9 Å². The number of ether oxygens (including phenoxy) is 1. The number of para-hydroxylation sites is 1. The minimum atomic E-state index is 0.0628. The Balaban J connectivity index is 1.43. The van der Waals surface area contributed by atoms with Gasteiger partial charge in [0.1, 0.15) is 5.75 Å². The van der Waals surface area contributed by atoms with Gasteiger partial charge in [0.2, 0.25) is 0 Å². The van der Waals surface area contributed by atoms with E-state index >= 15 is 0 Å². The monoisotopic (exact) mass is 530 g/mol. The number of aryl methyl sites for hydroxylation is 1. The normalized spacial score (nSPS) is 27.0. The molecule has 0 radical (unpaired) electrons. The topological polar surface area (TPSA) is 41.6 Å². The fourth-order valence-corrected chi connectivity index (χ4v) is 8.38. The second-order valence-corrected chi connectivity index (χ2v) is 13.5. The highest BCUT2D eigenvalue weighted by Crippen LogP contribution is 2.57. The number of nitrogens with one attached hydrogen (secondary N) is 1. The second kappa shape index (κ2) is 11.6. The highest BCUT2D eigenvalue weighted by Gasteiger charge is 2.52. The van der Waals surface area contributed by atoms with Gasteiger partial charge in [0.25, 0.3) is 0 Å². The number of hydrogen-bond donors (Lipinski definition) is 1. The molecule has 2 saturated carbocycles. The molecule has 2 aromatic carbocycles. The number of urea groups is 1. The van der Waals surface area contributed by atoms with E-state index in [4.69, 9.17) is 4.74 Å². The van der Waals surface area contributed by atoms with Gasteiger partial charge in [0.15, 0.2) is 0 Å². The van der Waals surface area contributed by atoms with Crippen molar-refractivity contribution in [3.05, 3.63) is 64.7 Å². The molecule has 4 heteroatoms. The minimum absolute atomic E-state index is 0.0628. The molecule has 0 aromatic heterocycles. The van der Waals surface area contributed by atoms with Crippen LogP contribution in [-0.2, 0) is 18.4 Å². The maximum atomic E-state index is 13.9. The summed E-state index contributed by atoms with van der Waals surface area (Å²) >= 11 is 0. The number of carbonyl (C=O) groups is 1. The largest absolute Gasteiger partial charge is 0.496 e. The van der Waals surface area contributed by atoms with Crippen LogP contribution in [0.5, 0.6) is 5.75 Å². The van der Waals surface area contributed by atoms with Gasteiger partial charge in [-0.25, -0.2) is 4.79 Å². The van der Waals surface area contributed by atoms with Gasteiger partial charge >= 0.3 is 6.03 Å². The standard InChI is InChI=1S/C35H50N2O2/c1-25(2)26-16-18-30-27(22-26)17-19-32-34(3,20-11-21-35(30,32)4)24-37(23-28-12-9-10-15-31(28)39-5)33(38)36-29-13-7-6-8-14-29/h9-10,12,15-16,18,22,25,29,32H,6-8,11,13-14,17,19-21,23-24H2,1-5H3,(H,36,38). The van der Waals surface area contributed by atoms with Crippen molar-refractivity contribution >= 4 is 6.03 Å². The fourth-order valence-electron chi connectivity index (χ4n) is 8.38. The van der Waals surface area contributed by atoms with Gasteiger partial charge in [-0.15, -0.1) is 0 Å². The summed E-state index contributed by atoms with van der Waals surface area (Å²) in [5, 5.41) is 3.44. The Bertz CT molecular complexity index is 1150. The van der Waals surface area contributed by atoms with Crippen molar-refractivity contribution in [3.63, 3.8) is 0 Å². The van der Waals surface area contributed by atoms with Gasteiger partial charge in [-0.1, -0.05) is 89.8 Å². The number of methoxy groups -OCH3 is 1. The zero-order chi connectivity index (χ0) is 27.6. The molecule has 4 nitrogen and oxygen atoms in total. The van der Waals surface area contributed by atoms with Crippen molar-refractivity contribution in [2.75, 3.05) is 13.7 Å². The van der Waals surface area contributed by atoms with Crippen LogP contribution in [0.2, 0.25) is 0 Å². The first-order chi connectivity index (χ1) is 18.7. The Morgan fingerprint density at radius 1 is 1.03 bits per heavy atom. The molecule has 1 N–H and O–H groups in total. The SMILES string of the molecule is COc1ccccc1CN(CC1(C)CCCC2(C)c3ccc(C(C)C)cc3CCC12)C(=O)NC1CCCCC1. The summed E-state index contributed by atoms with van der Waals surface area (Å²) in [4.78, 5) is 16.1. The highest BCUT2D eigenvalue weighted by molar-refractivity contribution is 5.74. The summed E-state index contributed by atoms with van der Waals surface area (Å²) in [6, 6.07) is 15.9. The lowest BCUT2D eigenvalue weighted by Crippen LogP contribution is -2.55.